The van der Waals surface area contributed by atoms with E-state index in [1.165, 1.54) is 6.07 Å². The SMILES string of the molecule is CNC(=O)CC(C)c1ccc2nc(C)nc(-c3cccc(C(F)(F)F)c3)c2c1. The molecule has 0 spiro atoms. The lowest BCUT2D eigenvalue weighted by atomic mass is 9.94. The minimum atomic E-state index is -4.43. The van der Waals surface area contributed by atoms with Crippen LogP contribution in [0.25, 0.3) is 22.2 Å². The number of nitrogens with zero attached hydrogens (tertiary/aromatic N) is 2. The molecule has 1 atom stereocenters. The number of carbonyl (C=O) groups is 1. The molecule has 0 radical (unpaired) electrons. The van der Waals surface area contributed by atoms with Gasteiger partial charge in [0.1, 0.15) is 5.82 Å². The fourth-order valence-corrected chi connectivity index (χ4v) is 3.13. The lowest BCUT2D eigenvalue weighted by molar-refractivity contribution is -0.137. The molecular weight excluding hydrogens is 367 g/mol. The number of carbonyl (C=O) groups excluding carboxylic acids is 1. The van der Waals surface area contributed by atoms with Crippen LogP contribution in [0.1, 0.15) is 36.2 Å². The van der Waals surface area contributed by atoms with Gasteiger partial charge in [-0.1, -0.05) is 25.1 Å². The van der Waals surface area contributed by atoms with Gasteiger partial charge in [-0.05, 0) is 42.7 Å². The summed E-state index contributed by atoms with van der Waals surface area (Å²) in [7, 11) is 1.58. The van der Waals surface area contributed by atoms with Gasteiger partial charge in [0.15, 0.2) is 0 Å². The predicted octanol–water partition coefficient (Wildman–Crippen LogP) is 4.86. The van der Waals surface area contributed by atoms with Crippen LogP contribution in [0.2, 0.25) is 0 Å². The molecule has 3 aromatic rings. The molecule has 1 aromatic heterocycles. The van der Waals surface area contributed by atoms with Gasteiger partial charge in [-0.3, -0.25) is 4.79 Å². The Balaban J connectivity index is 2.14. The zero-order valence-corrected chi connectivity index (χ0v) is 15.8. The van der Waals surface area contributed by atoms with Crippen molar-refractivity contribution in [2.75, 3.05) is 7.05 Å². The van der Waals surface area contributed by atoms with Gasteiger partial charge in [-0.2, -0.15) is 13.2 Å². The van der Waals surface area contributed by atoms with E-state index in [0.717, 1.165) is 17.7 Å². The van der Waals surface area contributed by atoms with Gasteiger partial charge in [0, 0.05) is 24.4 Å². The minimum Gasteiger partial charge on any atom is -0.359 e. The molecule has 0 aliphatic carbocycles. The Labute approximate surface area is 160 Å². The average Bonchev–Trinajstić information content (AvgIpc) is 2.66. The van der Waals surface area contributed by atoms with Crippen LogP contribution < -0.4 is 5.32 Å². The number of benzene rings is 2. The van der Waals surface area contributed by atoms with E-state index < -0.39 is 11.7 Å². The molecule has 28 heavy (non-hydrogen) atoms. The second-order valence-corrected chi connectivity index (χ2v) is 6.75. The summed E-state index contributed by atoms with van der Waals surface area (Å²) in [4.78, 5) is 20.5. The van der Waals surface area contributed by atoms with Crippen LogP contribution in [0, 0.1) is 6.92 Å². The van der Waals surface area contributed by atoms with Gasteiger partial charge >= 0.3 is 6.18 Å². The molecule has 0 aliphatic rings. The highest BCUT2D eigenvalue weighted by Crippen LogP contribution is 2.34. The van der Waals surface area contributed by atoms with E-state index in [-0.39, 0.29) is 11.8 Å². The summed E-state index contributed by atoms with van der Waals surface area (Å²) in [5.74, 6) is 0.344. The molecule has 4 nitrogen and oxygen atoms in total. The molecule has 0 aliphatic heterocycles. The number of fused-ring (bicyclic) bond motifs is 1. The number of aromatic nitrogens is 2. The number of hydrogen-bond donors (Lipinski definition) is 1. The summed E-state index contributed by atoms with van der Waals surface area (Å²) in [6.45, 7) is 3.63. The van der Waals surface area contributed by atoms with Crippen LogP contribution in [0.3, 0.4) is 0 Å². The summed E-state index contributed by atoms with van der Waals surface area (Å²) in [6.07, 6.45) is -4.12. The summed E-state index contributed by atoms with van der Waals surface area (Å²) >= 11 is 0. The lowest BCUT2D eigenvalue weighted by Crippen LogP contribution is -2.19. The van der Waals surface area contributed by atoms with Crippen molar-refractivity contribution in [1.82, 2.24) is 15.3 Å². The number of amides is 1. The normalized spacial score (nSPS) is 12.8. The zero-order chi connectivity index (χ0) is 20.5. The molecule has 3 rings (SSSR count). The van der Waals surface area contributed by atoms with Crippen LogP contribution in [-0.4, -0.2) is 22.9 Å². The van der Waals surface area contributed by atoms with Crippen LogP contribution in [0.5, 0.6) is 0 Å². The highest BCUT2D eigenvalue weighted by molar-refractivity contribution is 5.93. The molecule has 1 unspecified atom stereocenters. The van der Waals surface area contributed by atoms with Crippen LogP contribution in [0.15, 0.2) is 42.5 Å². The lowest BCUT2D eigenvalue weighted by Gasteiger charge is -2.14. The van der Waals surface area contributed by atoms with Crippen LogP contribution >= 0.6 is 0 Å². The van der Waals surface area contributed by atoms with Crippen molar-refractivity contribution in [3.05, 3.63) is 59.4 Å². The van der Waals surface area contributed by atoms with Crippen molar-refractivity contribution in [2.24, 2.45) is 0 Å². The monoisotopic (exact) mass is 387 g/mol. The summed E-state index contributed by atoms with van der Waals surface area (Å²) in [5.41, 5.74) is 1.65. The van der Waals surface area contributed by atoms with E-state index in [0.29, 0.717) is 34.4 Å². The van der Waals surface area contributed by atoms with Crippen molar-refractivity contribution >= 4 is 16.8 Å². The van der Waals surface area contributed by atoms with E-state index in [9.17, 15) is 18.0 Å². The van der Waals surface area contributed by atoms with Crippen molar-refractivity contribution in [1.29, 1.82) is 0 Å². The molecule has 1 amide bonds. The maximum absolute atomic E-state index is 13.1. The summed E-state index contributed by atoms with van der Waals surface area (Å²) in [5, 5.41) is 3.26. The molecule has 0 saturated heterocycles. The van der Waals surface area contributed by atoms with Gasteiger partial charge in [0.05, 0.1) is 16.8 Å². The predicted molar refractivity (Wildman–Crippen MR) is 102 cm³/mol. The van der Waals surface area contributed by atoms with Crippen LogP contribution in [-0.2, 0) is 11.0 Å². The highest BCUT2D eigenvalue weighted by atomic mass is 19.4. The largest absolute Gasteiger partial charge is 0.416 e. The molecule has 2 aromatic carbocycles. The van der Waals surface area contributed by atoms with Gasteiger partial charge in [-0.25, -0.2) is 9.97 Å². The van der Waals surface area contributed by atoms with Gasteiger partial charge in [0.2, 0.25) is 5.91 Å². The maximum atomic E-state index is 13.1. The number of rotatable bonds is 4. The molecule has 0 saturated carbocycles. The quantitative estimate of drug-likeness (QED) is 0.695. The minimum absolute atomic E-state index is 0.0555. The molecule has 1 N–H and O–H groups in total. The standard InChI is InChI=1S/C21H20F3N3O/c1-12(9-19(28)25-3)14-7-8-18-17(11-14)20(27-13(2)26-18)15-5-4-6-16(10-15)21(22,23)24/h4-8,10-12H,9H2,1-3H3,(H,25,28). The first kappa shape index (κ1) is 19.8. The van der Waals surface area contributed by atoms with E-state index >= 15 is 0 Å². The van der Waals surface area contributed by atoms with Crippen molar-refractivity contribution in [3.8, 4) is 11.3 Å². The topological polar surface area (TPSA) is 54.9 Å². The molecular formula is C21H20F3N3O. The number of hydrogen-bond acceptors (Lipinski definition) is 3. The molecule has 7 heteroatoms. The average molecular weight is 387 g/mol. The fraction of sp³-hybridized carbons (Fsp3) is 0.286. The second kappa shape index (κ2) is 7.58. The first-order valence-electron chi connectivity index (χ1n) is 8.85. The zero-order valence-electron chi connectivity index (χ0n) is 15.8. The Bertz CT molecular complexity index is 1030. The van der Waals surface area contributed by atoms with E-state index in [4.69, 9.17) is 0 Å². The van der Waals surface area contributed by atoms with Crippen LogP contribution in [0.4, 0.5) is 13.2 Å². The third-order valence-electron chi connectivity index (χ3n) is 4.63. The van der Waals surface area contributed by atoms with Gasteiger partial charge < -0.3 is 5.32 Å². The Kier molecular flexibility index (Phi) is 5.36. The Morgan fingerprint density at radius 3 is 2.57 bits per heavy atom. The number of halogens is 3. The summed E-state index contributed by atoms with van der Waals surface area (Å²) in [6, 6.07) is 10.7. The van der Waals surface area contributed by atoms with E-state index in [1.807, 2.05) is 25.1 Å². The first-order valence-corrected chi connectivity index (χ1v) is 8.85. The molecule has 0 bridgehead atoms. The summed E-state index contributed by atoms with van der Waals surface area (Å²) < 4.78 is 39.4. The fourth-order valence-electron chi connectivity index (χ4n) is 3.13. The van der Waals surface area contributed by atoms with E-state index in [1.54, 1.807) is 20.0 Å². The second-order valence-electron chi connectivity index (χ2n) is 6.75. The van der Waals surface area contributed by atoms with Crippen molar-refractivity contribution < 1.29 is 18.0 Å². The maximum Gasteiger partial charge on any atom is 0.416 e. The van der Waals surface area contributed by atoms with Crippen molar-refractivity contribution in [2.45, 2.75) is 32.4 Å². The van der Waals surface area contributed by atoms with Gasteiger partial charge in [0.25, 0.3) is 0 Å². The third-order valence-corrected chi connectivity index (χ3v) is 4.63. The van der Waals surface area contributed by atoms with E-state index in [2.05, 4.69) is 15.3 Å². The Hall–Kier alpha value is -2.96. The smallest absolute Gasteiger partial charge is 0.359 e. The third kappa shape index (κ3) is 4.13. The first-order chi connectivity index (χ1) is 13.2. The Morgan fingerprint density at radius 2 is 1.89 bits per heavy atom. The highest BCUT2D eigenvalue weighted by Gasteiger charge is 2.30. The van der Waals surface area contributed by atoms with Gasteiger partial charge in [-0.15, -0.1) is 0 Å². The number of aryl methyl sites for hydroxylation is 1. The molecule has 1 heterocycles. The number of nitrogens with one attached hydrogen (secondary N) is 1. The molecule has 146 valence electrons. The number of alkyl halides is 3. The molecule has 0 fully saturated rings. The van der Waals surface area contributed by atoms with Crippen molar-refractivity contribution in [3.63, 3.8) is 0 Å². The Morgan fingerprint density at radius 1 is 1.14 bits per heavy atom.